The fourth-order valence-corrected chi connectivity index (χ4v) is 2.41. The first kappa shape index (κ1) is 14.2. The van der Waals surface area contributed by atoms with Crippen molar-refractivity contribution in [3.05, 3.63) is 24.0 Å². The summed E-state index contributed by atoms with van der Waals surface area (Å²) in [4.78, 5) is 4.58. The molecule has 2 aromatic rings. The summed E-state index contributed by atoms with van der Waals surface area (Å²) in [7, 11) is 3.25. The molecule has 1 aromatic heterocycles. The number of nitrogens with two attached hydrogens (primary N) is 1. The smallest absolute Gasteiger partial charge is 0.132 e. The van der Waals surface area contributed by atoms with E-state index in [4.69, 9.17) is 15.2 Å². The van der Waals surface area contributed by atoms with E-state index in [0.717, 1.165) is 22.8 Å². The highest BCUT2D eigenvalue weighted by atomic mass is 16.5. The number of hydrogen-bond acceptors (Lipinski definition) is 4. The predicted molar refractivity (Wildman–Crippen MR) is 80.3 cm³/mol. The molecule has 0 aliphatic rings. The molecule has 108 valence electrons. The highest BCUT2D eigenvalue weighted by Crippen LogP contribution is 2.36. The van der Waals surface area contributed by atoms with Crippen LogP contribution in [0.4, 0.5) is 5.82 Å². The first-order chi connectivity index (χ1) is 9.49. The zero-order chi connectivity index (χ0) is 14.9. The van der Waals surface area contributed by atoms with E-state index in [1.54, 1.807) is 14.2 Å². The quantitative estimate of drug-likeness (QED) is 0.931. The van der Waals surface area contributed by atoms with Gasteiger partial charge in [-0.3, -0.25) is 0 Å². The van der Waals surface area contributed by atoms with Crippen LogP contribution in [-0.4, -0.2) is 23.8 Å². The van der Waals surface area contributed by atoms with Crippen LogP contribution in [-0.2, 0) is 0 Å². The Labute approximate surface area is 119 Å². The van der Waals surface area contributed by atoms with Crippen LogP contribution < -0.4 is 15.2 Å². The molecule has 0 spiro atoms. The Morgan fingerprint density at radius 2 is 1.90 bits per heavy atom. The van der Waals surface area contributed by atoms with Crippen molar-refractivity contribution in [3.8, 4) is 22.8 Å². The lowest BCUT2D eigenvalue weighted by Crippen LogP contribution is -2.07. The van der Waals surface area contributed by atoms with E-state index in [2.05, 4.69) is 18.8 Å². The Morgan fingerprint density at radius 1 is 1.20 bits per heavy atom. The fourth-order valence-electron chi connectivity index (χ4n) is 2.41. The Morgan fingerprint density at radius 3 is 2.40 bits per heavy atom. The van der Waals surface area contributed by atoms with E-state index in [1.807, 2.05) is 29.7 Å². The lowest BCUT2D eigenvalue weighted by molar-refractivity contribution is 0.395. The Bertz CT molecular complexity index is 618. The van der Waals surface area contributed by atoms with Gasteiger partial charge in [0.2, 0.25) is 0 Å². The van der Waals surface area contributed by atoms with Crippen LogP contribution in [0.15, 0.2) is 18.2 Å². The van der Waals surface area contributed by atoms with Crippen LogP contribution in [0.25, 0.3) is 11.3 Å². The van der Waals surface area contributed by atoms with E-state index >= 15 is 0 Å². The zero-order valence-corrected chi connectivity index (χ0v) is 12.6. The van der Waals surface area contributed by atoms with Crippen molar-refractivity contribution in [2.24, 2.45) is 0 Å². The van der Waals surface area contributed by atoms with Gasteiger partial charge in [-0.2, -0.15) is 0 Å². The maximum absolute atomic E-state index is 6.24. The van der Waals surface area contributed by atoms with Crippen molar-refractivity contribution < 1.29 is 9.47 Å². The average Bonchev–Trinajstić information content (AvgIpc) is 2.73. The Balaban J connectivity index is 2.60. The molecular formula is C15H21N3O2. The molecule has 0 radical (unpaired) electrons. The molecule has 0 aliphatic heterocycles. The minimum absolute atomic E-state index is 0.264. The van der Waals surface area contributed by atoms with Gasteiger partial charge in [-0.05, 0) is 32.9 Å². The van der Waals surface area contributed by atoms with Gasteiger partial charge in [-0.25, -0.2) is 4.98 Å². The zero-order valence-electron chi connectivity index (χ0n) is 12.6. The van der Waals surface area contributed by atoms with Gasteiger partial charge in [0.15, 0.2) is 0 Å². The molecule has 0 bridgehead atoms. The van der Waals surface area contributed by atoms with Gasteiger partial charge in [-0.15, -0.1) is 0 Å². The summed E-state index contributed by atoms with van der Waals surface area (Å²) in [6, 6.07) is 5.89. The molecule has 0 aliphatic carbocycles. The SMILES string of the molecule is COc1ccc(-c2nc(C)n(C(C)C)c2N)c(OC)c1. The second-order valence-corrected chi connectivity index (χ2v) is 4.92. The van der Waals surface area contributed by atoms with Gasteiger partial charge in [0, 0.05) is 17.7 Å². The van der Waals surface area contributed by atoms with Crippen molar-refractivity contribution in [3.63, 3.8) is 0 Å². The van der Waals surface area contributed by atoms with E-state index in [9.17, 15) is 0 Å². The van der Waals surface area contributed by atoms with Crippen molar-refractivity contribution >= 4 is 5.82 Å². The molecule has 0 unspecified atom stereocenters. The molecule has 5 heteroatoms. The monoisotopic (exact) mass is 275 g/mol. The van der Waals surface area contributed by atoms with Crippen LogP contribution >= 0.6 is 0 Å². The molecule has 0 saturated heterocycles. The number of aromatic nitrogens is 2. The van der Waals surface area contributed by atoms with Gasteiger partial charge in [0.1, 0.15) is 28.8 Å². The minimum Gasteiger partial charge on any atom is -0.497 e. The van der Waals surface area contributed by atoms with Gasteiger partial charge < -0.3 is 19.8 Å². The summed E-state index contributed by atoms with van der Waals surface area (Å²) in [5, 5.41) is 0. The topological polar surface area (TPSA) is 62.3 Å². The van der Waals surface area contributed by atoms with Crippen LogP contribution in [0.1, 0.15) is 25.7 Å². The van der Waals surface area contributed by atoms with E-state index in [-0.39, 0.29) is 6.04 Å². The molecule has 0 fully saturated rings. The normalized spacial score (nSPS) is 10.9. The second kappa shape index (κ2) is 5.45. The number of anilines is 1. The summed E-state index contributed by atoms with van der Waals surface area (Å²) in [5.41, 5.74) is 7.86. The number of aryl methyl sites for hydroxylation is 1. The molecular weight excluding hydrogens is 254 g/mol. The number of hydrogen-bond donors (Lipinski definition) is 1. The number of benzene rings is 1. The largest absolute Gasteiger partial charge is 0.497 e. The van der Waals surface area contributed by atoms with Crippen LogP contribution in [0.3, 0.4) is 0 Å². The van der Waals surface area contributed by atoms with Crippen molar-refractivity contribution in [2.75, 3.05) is 20.0 Å². The van der Waals surface area contributed by atoms with Crippen molar-refractivity contribution in [2.45, 2.75) is 26.8 Å². The second-order valence-electron chi connectivity index (χ2n) is 4.92. The average molecular weight is 275 g/mol. The molecule has 2 N–H and O–H groups in total. The van der Waals surface area contributed by atoms with Crippen molar-refractivity contribution in [1.29, 1.82) is 0 Å². The third-order valence-corrected chi connectivity index (χ3v) is 3.30. The first-order valence-corrected chi connectivity index (χ1v) is 6.56. The number of imidazole rings is 1. The molecule has 0 atom stereocenters. The van der Waals surface area contributed by atoms with Gasteiger partial charge >= 0.3 is 0 Å². The summed E-state index contributed by atoms with van der Waals surface area (Å²) >= 11 is 0. The molecule has 0 amide bonds. The third kappa shape index (κ3) is 2.31. The lowest BCUT2D eigenvalue weighted by atomic mass is 10.1. The van der Waals surface area contributed by atoms with Gasteiger partial charge in [-0.1, -0.05) is 0 Å². The van der Waals surface area contributed by atoms with Crippen LogP contribution in [0.5, 0.6) is 11.5 Å². The Kier molecular flexibility index (Phi) is 3.88. The molecule has 20 heavy (non-hydrogen) atoms. The standard InChI is InChI=1S/C15H21N3O2/c1-9(2)18-10(3)17-14(15(18)16)12-7-6-11(19-4)8-13(12)20-5/h6-9H,16H2,1-5H3. The highest BCUT2D eigenvalue weighted by Gasteiger charge is 2.18. The molecule has 2 rings (SSSR count). The molecule has 1 heterocycles. The minimum atomic E-state index is 0.264. The van der Waals surface area contributed by atoms with Gasteiger partial charge in [0.25, 0.3) is 0 Å². The number of methoxy groups -OCH3 is 2. The fraction of sp³-hybridized carbons (Fsp3) is 0.400. The van der Waals surface area contributed by atoms with Crippen LogP contribution in [0.2, 0.25) is 0 Å². The number of nitrogen functional groups attached to an aromatic ring is 1. The van der Waals surface area contributed by atoms with Crippen LogP contribution in [0, 0.1) is 6.92 Å². The Hall–Kier alpha value is -2.17. The number of nitrogens with zero attached hydrogens (tertiary/aromatic N) is 2. The summed E-state index contributed by atoms with van der Waals surface area (Å²) in [6.07, 6.45) is 0. The summed E-state index contributed by atoms with van der Waals surface area (Å²) in [5.74, 6) is 2.99. The third-order valence-electron chi connectivity index (χ3n) is 3.30. The highest BCUT2D eigenvalue weighted by molar-refractivity contribution is 5.77. The van der Waals surface area contributed by atoms with E-state index < -0.39 is 0 Å². The summed E-state index contributed by atoms with van der Waals surface area (Å²) < 4.78 is 12.6. The van der Waals surface area contributed by atoms with E-state index in [0.29, 0.717) is 11.6 Å². The molecule has 0 saturated carbocycles. The summed E-state index contributed by atoms with van der Waals surface area (Å²) in [6.45, 7) is 6.12. The molecule has 5 nitrogen and oxygen atoms in total. The van der Waals surface area contributed by atoms with Crippen molar-refractivity contribution in [1.82, 2.24) is 9.55 Å². The number of ether oxygens (including phenoxy) is 2. The maximum atomic E-state index is 6.24. The van der Waals surface area contributed by atoms with E-state index in [1.165, 1.54) is 0 Å². The lowest BCUT2D eigenvalue weighted by Gasteiger charge is -2.12. The predicted octanol–water partition coefficient (Wildman–Crippen LogP) is 3.04. The number of rotatable bonds is 4. The maximum Gasteiger partial charge on any atom is 0.132 e. The van der Waals surface area contributed by atoms with Gasteiger partial charge in [0.05, 0.1) is 14.2 Å². The first-order valence-electron chi connectivity index (χ1n) is 6.56. The molecule has 1 aromatic carbocycles.